The van der Waals surface area contributed by atoms with Crippen LogP contribution in [0.5, 0.6) is 11.5 Å². The molecule has 0 heterocycles. The fraction of sp³-hybridized carbons (Fsp3) is 0.238. The second-order valence-electron chi connectivity index (χ2n) is 5.66. The lowest BCUT2D eigenvalue weighted by Gasteiger charge is -2.11. The number of nitriles is 1. The Morgan fingerprint density at radius 2 is 1.85 bits per heavy atom. The third kappa shape index (κ3) is 5.50. The number of nitrogens with one attached hydrogen (secondary N) is 1. The summed E-state index contributed by atoms with van der Waals surface area (Å²) in [6.07, 6.45) is 1.50. The highest BCUT2D eigenvalue weighted by Gasteiger charge is 2.12. The highest BCUT2D eigenvalue weighted by molar-refractivity contribution is 6.31. The molecule has 2 aromatic rings. The van der Waals surface area contributed by atoms with E-state index >= 15 is 0 Å². The van der Waals surface area contributed by atoms with Gasteiger partial charge < -0.3 is 14.8 Å². The van der Waals surface area contributed by atoms with Crippen LogP contribution in [0.4, 0.5) is 5.69 Å². The van der Waals surface area contributed by atoms with Gasteiger partial charge in [-0.05, 0) is 62.2 Å². The normalized spacial score (nSPS) is 10.9. The van der Waals surface area contributed by atoms with E-state index in [0.717, 1.165) is 5.56 Å². The minimum atomic E-state index is -0.510. The van der Waals surface area contributed by atoms with E-state index in [1.807, 2.05) is 26.8 Å². The van der Waals surface area contributed by atoms with Crippen molar-refractivity contribution in [1.29, 1.82) is 5.26 Å². The van der Waals surface area contributed by atoms with Gasteiger partial charge in [-0.1, -0.05) is 23.7 Å². The molecule has 0 bridgehead atoms. The summed E-state index contributed by atoms with van der Waals surface area (Å²) >= 11 is 6.07. The van der Waals surface area contributed by atoms with Crippen molar-refractivity contribution < 1.29 is 14.3 Å². The summed E-state index contributed by atoms with van der Waals surface area (Å²) < 4.78 is 11.1. The van der Waals surface area contributed by atoms with Gasteiger partial charge in [0, 0.05) is 10.7 Å². The summed E-state index contributed by atoms with van der Waals surface area (Å²) in [7, 11) is 0. The first-order valence-electron chi connectivity index (χ1n) is 8.57. The van der Waals surface area contributed by atoms with E-state index < -0.39 is 5.91 Å². The van der Waals surface area contributed by atoms with Crippen LogP contribution < -0.4 is 14.8 Å². The van der Waals surface area contributed by atoms with Gasteiger partial charge >= 0.3 is 0 Å². The van der Waals surface area contributed by atoms with Crippen LogP contribution in [0.25, 0.3) is 6.08 Å². The van der Waals surface area contributed by atoms with Crippen LogP contribution in [-0.2, 0) is 4.79 Å². The average Bonchev–Trinajstić information content (AvgIpc) is 2.65. The van der Waals surface area contributed by atoms with Gasteiger partial charge in [0.25, 0.3) is 5.91 Å². The molecule has 0 saturated carbocycles. The molecular formula is C21H21ClN2O3. The quantitative estimate of drug-likeness (QED) is 0.539. The zero-order valence-corrected chi connectivity index (χ0v) is 16.3. The maximum atomic E-state index is 12.4. The molecule has 5 nitrogen and oxygen atoms in total. The molecule has 0 fully saturated rings. The molecule has 6 heteroatoms. The summed E-state index contributed by atoms with van der Waals surface area (Å²) in [6.45, 7) is 6.63. The molecule has 0 aliphatic rings. The lowest BCUT2D eigenvalue weighted by atomic mass is 10.1. The monoisotopic (exact) mass is 384 g/mol. The van der Waals surface area contributed by atoms with Crippen LogP contribution in [0.3, 0.4) is 0 Å². The van der Waals surface area contributed by atoms with Crippen molar-refractivity contribution in [2.24, 2.45) is 0 Å². The molecule has 0 spiro atoms. The highest BCUT2D eigenvalue weighted by atomic mass is 35.5. The second-order valence-corrected chi connectivity index (χ2v) is 6.07. The van der Waals surface area contributed by atoms with Gasteiger partial charge in [-0.25, -0.2) is 0 Å². The number of carbonyl (C=O) groups is 1. The SMILES string of the molecule is CCOc1ccc(/C=C(\C#N)C(=O)Nc2ccc(C)c(Cl)c2)cc1OCC. The third-order valence-corrected chi connectivity index (χ3v) is 4.08. The zero-order valence-electron chi connectivity index (χ0n) is 15.5. The summed E-state index contributed by atoms with van der Waals surface area (Å²) in [5, 5.41) is 12.6. The van der Waals surface area contributed by atoms with Crippen LogP contribution >= 0.6 is 11.6 Å². The molecule has 0 radical (unpaired) electrons. The average molecular weight is 385 g/mol. The lowest BCUT2D eigenvalue weighted by molar-refractivity contribution is -0.112. The minimum absolute atomic E-state index is 0.0293. The van der Waals surface area contributed by atoms with E-state index in [9.17, 15) is 10.1 Å². The Kier molecular flexibility index (Phi) is 7.27. The number of halogens is 1. The number of anilines is 1. The minimum Gasteiger partial charge on any atom is -0.490 e. The van der Waals surface area contributed by atoms with Crippen molar-refractivity contribution in [1.82, 2.24) is 0 Å². The highest BCUT2D eigenvalue weighted by Crippen LogP contribution is 2.29. The van der Waals surface area contributed by atoms with Gasteiger partial charge in [0.1, 0.15) is 11.6 Å². The molecule has 2 aromatic carbocycles. The number of aryl methyl sites for hydroxylation is 1. The van der Waals surface area contributed by atoms with Crippen molar-refractivity contribution in [2.45, 2.75) is 20.8 Å². The van der Waals surface area contributed by atoms with E-state index in [-0.39, 0.29) is 5.57 Å². The summed E-state index contributed by atoms with van der Waals surface area (Å²) in [5.41, 5.74) is 2.07. The largest absolute Gasteiger partial charge is 0.490 e. The molecule has 27 heavy (non-hydrogen) atoms. The Bertz CT molecular complexity index is 901. The Morgan fingerprint density at radius 1 is 1.15 bits per heavy atom. The first-order chi connectivity index (χ1) is 13.0. The van der Waals surface area contributed by atoms with E-state index in [4.69, 9.17) is 21.1 Å². The van der Waals surface area contributed by atoms with Gasteiger partial charge in [0.2, 0.25) is 0 Å². The lowest BCUT2D eigenvalue weighted by Crippen LogP contribution is -2.13. The third-order valence-electron chi connectivity index (χ3n) is 3.67. The summed E-state index contributed by atoms with van der Waals surface area (Å²) in [5.74, 6) is 0.675. The van der Waals surface area contributed by atoms with Gasteiger partial charge in [-0.15, -0.1) is 0 Å². The van der Waals surface area contributed by atoms with Crippen molar-refractivity contribution in [3.05, 3.63) is 58.1 Å². The van der Waals surface area contributed by atoms with Gasteiger partial charge in [0.05, 0.1) is 13.2 Å². The Morgan fingerprint density at radius 3 is 2.48 bits per heavy atom. The molecule has 140 valence electrons. The summed E-state index contributed by atoms with van der Waals surface area (Å²) in [4.78, 5) is 12.4. The molecular weight excluding hydrogens is 364 g/mol. The Hall–Kier alpha value is -2.97. The van der Waals surface area contributed by atoms with Crippen LogP contribution in [-0.4, -0.2) is 19.1 Å². The Balaban J connectivity index is 2.26. The van der Waals surface area contributed by atoms with Gasteiger partial charge in [-0.3, -0.25) is 4.79 Å². The van der Waals surface area contributed by atoms with E-state index in [1.54, 1.807) is 36.4 Å². The van der Waals surface area contributed by atoms with Crippen LogP contribution in [0.2, 0.25) is 5.02 Å². The predicted octanol–water partition coefficient (Wildman–Crippen LogP) is 4.99. The topological polar surface area (TPSA) is 71.3 Å². The van der Waals surface area contributed by atoms with Crippen LogP contribution in [0.15, 0.2) is 42.0 Å². The van der Waals surface area contributed by atoms with E-state index in [1.165, 1.54) is 6.08 Å². The predicted molar refractivity (Wildman–Crippen MR) is 107 cm³/mol. The standard InChI is InChI=1S/C21H21ClN2O3/c1-4-26-19-9-7-15(11-20(19)27-5-2)10-16(13-23)21(25)24-17-8-6-14(3)18(22)12-17/h6-12H,4-5H2,1-3H3,(H,24,25)/b16-10+. The van der Waals surface area contributed by atoms with E-state index in [0.29, 0.717) is 41.0 Å². The Labute approximate surface area is 164 Å². The molecule has 1 amide bonds. The number of nitrogens with zero attached hydrogens (tertiary/aromatic N) is 1. The molecule has 0 aliphatic heterocycles. The van der Waals surface area contributed by atoms with Crippen molar-refractivity contribution in [3.63, 3.8) is 0 Å². The molecule has 2 rings (SSSR count). The first kappa shape index (κ1) is 20.3. The van der Waals surface area contributed by atoms with E-state index in [2.05, 4.69) is 5.32 Å². The maximum absolute atomic E-state index is 12.4. The summed E-state index contributed by atoms with van der Waals surface area (Å²) in [6, 6.07) is 12.4. The molecule has 0 aromatic heterocycles. The van der Waals surface area contributed by atoms with Gasteiger partial charge in [0.15, 0.2) is 11.5 Å². The maximum Gasteiger partial charge on any atom is 0.266 e. The number of hydrogen-bond donors (Lipinski definition) is 1. The molecule has 0 atom stereocenters. The van der Waals surface area contributed by atoms with Crippen LogP contribution in [0.1, 0.15) is 25.0 Å². The number of amides is 1. The fourth-order valence-electron chi connectivity index (χ4n) is 2.34. The molecule has 0 unspecified atom stereocenters. The van der Waals surface area contributed by atoms with Gasteiger partial charge in [-0.2, -0.15) is 5.26 Å². The fourth-order valence-corrected chi connectivity index (χ4v) is 2.52. The molecule has 1 N–H and O–H groups in total. The zero-order chi connectivity index (χ0) is 19.8. The number of hydrogen-bond acceptors (Lipinski definition) is 4. The number of ether oxygens (including phenoxy) is 2. The number of carbonyl (C=O) groups excluding carboxylic acids is 1. The van der Waals surface area contributed by atoms with Crippen molar-refractivity contribution in [2.75, 3.05) is 18.5 Å². The van der Waals surface area contributed by atoms with Crippen molar-refractivity contribution >= 4 is 29.3 Å². The van der Waals surface area contributed by atoms with Crippen LogP contribution in [0, 0.1) is 18.3 Å². The van der Waals surface area contributed by atoms with Crippen molar-refractivity contribution in [3.8, 4) is 17.6 Å². The number of rotatable bonds is 7. The number of benzene rings is 2. The molecule has 0 saturated heterocycles. The first-order valence-corrected chi connectivity index (χ1v) is 8.95. The molecule has 0 aliphatic carbocycles. The smallest absolute Gasteiger partial charge is 0.266 e. The second kappa shape index (κ2) is 9.65.